The van der Waals surface area contributed by atoms with Crippen LogP contribution < -0.4 is 0 Å². The molecule has 0 spiro atoms. The Morgan fingerprint density at radius 1 is 1.13 bits per heavy atom. The van der Waals surface area contributed by atoms with Crippen LogP contribution >= 0.6 is 22.6 Å². The van der Waals surface area contributed by atoms with E-state index in [-0.39, 0.29) is 5.60 Å². The van der Waals surface area contributed by atoms with Gasteiger partial charge in [-0.1, -0.05) is 36.4 Å². The maximum Gasteiger partial charge on any atom is 0.0856 e. The van der Waals surface area contributed by atoms with Gasteiger partial charge in [-0.3, -0.25) is 0 Å². The van der Waals surface area contributed by atoms with Crippen molar-refractivity contribution in [3.63, 3.8) is 0 Å². The molecule has 0 aromatic heterocycles. The molecule has 2 bridgehead atoms. The van der Waals surface area contributed by atoms with Crippen LogP contribution in [0.3, 0.4) is 0 Å². The molecule has 0 heterocycles. The number of fused-ring (bicyclic) bond motifs is 2. The molecule has 0 aliphatic heterocycles. The molecule has 0 amide bonds. The van der Waals surface area contributed by atoms with Gasteiger partial charge in [-0.25, -0.2) is 0 Å². The second-order valence-corrected chi connectivity index (χ2v) is 7.03. The van der Waals surface area contributed by atoms with Crippen LogP contribution in [0.1, 0.15) is 46.0 Å². The van der Waals surface area contributed by atoms with E-state index in [1.54, 1.807) is 0 Å². The maximum absolute atomic E-state index is 6.50. The van der Waals surface area contributed by atoms with Crippen LogP contribution in [0.2, 0.25) is 0 Å². The lowest BCUT2D eigenvalue weighted by atomic mass is 9.66. The molecule has 15 heavy (non-hydrogen) atoms. The van der Waals surface area contributed by atoms with Crippen molar-refractivity contribution in [2.24, 2.45) is 17.3 Å². The molecule has 3 unspecified atom stereocenters. The highest BCUT2D eigenvalue weighted by atomic mass is 127. The van der Waals surface area contributed by atoms with E-state index in [9.17, 15) is 0 Å². The first-order valence-corrected chi connectivity index (χ1v) is 7.86. The molecular formula is C13H21IO. The van der Waals surface area contributed by atoms with E-state index in [1.807, 2.05) is 0 Å². The highest BCUT2D eigenvalue weighted by Gasteiger charge is 2.64. The number of rotatable bonds is 3. The zero-order valence-corrected chi connectivity index (χ0v) is 11.9. The van der Waals surface area contributed by atoms with Crippen LogP contribution in [0.15, 0.2) is 0 Å². The van der Waals surface area contributed by atoms with Gasteiger partial charge >= 0.3 is 0 Å². The average molecular weight is 320 g/mol. The van der Waals surface area contributed by atoms with Crippen LogP contribution in [0.4, 0.5) is 0 Å². The Balaban J connectivity index is 1.91. The summed E-state index contributed by atoms with van der Waals surface area (Å²) >= 11 is 2.56. The van der Waals surface area contributed by atoms with Gasteiger partial charge in [0.15, 0.2) is 0 Å². The van der Waals surface area contributed by atoms with Gasteiger partial charge in [-0.05, 0) is 49.4 Å². The maximum atomic E-state index is 6.50. The summed E-state index contributed by atoms with van der Waals surface area (Å²) in [5, 5.41) is 0. The lowest BCUT2D eigenvalue weighted by molar-refractivity contribution is -0.143. The first kappa shape index (κ1) is 10.8. The molecule has 1 nitrogen and oxygen atoms in total. The summed E-state index contributed by atoms with van der Waals surface area (Å²) in [5.74, 6) is 1.78. The lowest BCUT2D eigenvalue weighted by Crippen LogP contribution is -2.53. The SMILES string of the molecule is CC1(C)C2CCC(C2)C1(CI)OC1CC1. The van der Waals surface area contributed by atoms with Gasteiger partial charge in [-0.2, -0.15) is 0 Å². The van der Waals surface area contributed by atoms with Gasteiger partial charge in [0.2, 0.25) is 0 Å². The van der Waals surface area contributed by atoms with Crippen molar-refractivity contribution >= 4 is 22.6 Å². The van der Waals surface area contributed by atoms with Crippen molar-refractivity contribution in [2.45, 2.75) is 57.7 Å². The van der Waals surface area contributed by atoms with E-state index in [0.29, 0.717) is 11.5 Å². The quantitative estimate of drug-likeness (QED) is 0.568. The van der Waals surface area contributed by atoms with Crippen molar-refractivity contribution < 1.29 is 4.74 Å². The Morgan fingerprint density at radius 2 is 1.80 bits per heavy atom. The Labute approximate surface area is 106 Å². The first-order chi connectivity index (χ1) is 7.10. The molecule has 3 saturated carbocycles. The topological polar surface area (TPSA) is 9.23 Å². The van der Waals surface area contributed by atoms with E-state index >= 15 is 0 Å². The number of halogens is 1. The summed E-state index contributed by atoms with van der Waals surface area (Å²) < 4.78 is 7.69. The van der Waals surface area contributed by atoms with Crippen LogP contribution in [0.25, 0.3) is 0 Å². The molecule has 0 radical (unpaired) electrons. The predicted molar refractivity (Wildman–Crippen MR) is 70.3 cm³/mol. The number of hydrogen-bond donors (Lipinski definition) is 0. The fourth-order valence-corrected chi connectivity index (χ4v) is 5.76. The summed E-state index contributed by atoms with van der Waals surface area (Å²) in [4.78, 5) is 0. The average Bonchev–Trinajstić information content (AvgIpc) is 2.81. The Kier molecular flexibility index (Phi) is 2.41. The molecule has 3 fully saturated rings. The Morgan fingerprint density at radius 3 is 2.27 bits per heavy atom. The van der Waals surface area contributed by atoms with Crippen molar-refractivity contribution in [3.8, 4) is 0 Å². The molecule has 2 heteroatoms. The molecule has 0 aromatic carbocycles. The predicted octanol–water partition coefficient (Wildman–Crippen LogP) is 3.80. The minimum absolute atomic E-state index is 0.220. The zero-order chi connectivity index (χ0) is 10.7. The smallest absolute Gasteiger partial charge is 0.0856 e. The van der Waals surface area contributed by atoms with E-state index in [2.05, 4.69) is 36.4 Å². The summed E-state index contributed by atoms with van der Waals surface area (Å²) in [5.41, 5.74) is 0.636. The van der Waals surface area contributed by atoms with E-state index in [1.165, 1.54) is 36.5 Å². The van der Waals surface area contributed by atoms with Gasteiger partial charge < -0.3 is 4.74 Å². The fourth-order valence-electron chi connectivity index (χ4n) is 3.98. The van der Waals surface area contributed by atoms with Crippen molar-refractivity contribution in [3.05, 3.63) is 0 Å². The molecule has 3 aliphatic carbocycles. The second kappa shape index (κ2) is 3.34. The van der Waals surface area contributed by atoms with Gasteiger partial charge in [0.1, 0.15) is 0 Å². The Hall–Kier alpha value is 0.690. The minimum atomic E-state index is 0.220. The lowest BCUT2D eigenvalue weighted by Gasteiger charge is -2.49. The van der Waals surface area contributed by atoms with E-state index < -0.39 is 0 Å². The first-order valence-electron chi connectivity index (χ1n) is 6.34. The molecule has 0 N–H and O–H groups in total. The molecule has 3 atom stereocenters. The van der Waals surface area contributed by atoms with Gasteiger partial charge in [0.25, 0.3) is 0 Å². The highest BCUT2D eigenvalue weighted by molar-refractivity contribution is 14.1. The van der Waals surface area contributed by atoms with Gasteiger partial charge in [-0.15, -0.1) is 0 Å². The number of alkyl halides is 1. The monoisotopic (exact) mass is 320 g/mol. The summed E-state index contributed by atoms with van der Waals surface area (Å²) in [6.07, 6.45) is 7.53. The second-order valence-electron chi connectivity index (χ2n) is 6.27. The van der Waals surface area contributed by atoms with Crippen molar-refractivity contribution in [1.82, 2.24) is 0 Å². The number of hydrogen-bond acceptors (Lipinski definition) is 1. The molecular weight excluding hydrogens is 299 g/mol. The standard InChI is InChI=1S/C13H21IO/c1-12(2)9-3-4-10(7-9)13(12,8-14)15-11-5-6-11/h9-11H,3-8H2,1-2H3. The molecule has 86 valence electrons. The molecule has 3 aliphatic rings. The van der Waals surface area contributed by atoms with Gasteiger partial charge in [0, 0.05) is 4.43 Å². The largest absolute Gasteiger partial charge is 0.370 e. The van der Waals surface area contributed by atoms with Crippen LogP contribution in [0.5, 0.6) is 0 Å². The van der Waals surface area contributed by atoms with Crippen molar-refractivity contribution in [1.29, 1.82) is 0 Å². The van der Waals surface area contributed by atoms with E-state index in [0.717, 1.165) is 11.8 Å². The van der Waals surface area contributed by atoms with Crippen LogP contribution in [0, 0.1) is 17.3 Å². The van der Waals surface area contributed by atoms with Crippen LogP contribution in [-0.4, -0.2) is 16.1 Å². The Bertz CT molecular complexity index is 272. The zero-order valence-electron chi connectivity index (χ0n) is 9.76. The minimum Gasteiger partial charge on any atom is -0.370 e. The van der Waals surface area contributed by atoms with E-state index in [4.69, 9.17) is 4.74 Å². The summed E-state index contributed by atoms with van der Waals surface area (Å²) in [7, 11) is 0. The van der Waals surface area contributed by atoms with Crippen LogP contribution in [-0.2, 0) is 4.74 Å². The summed E-state index contributed by atoms with van der Waals surface area (Å²) in [6, 6.07) is 0. The van der Waals surface area contributed by atoms with Gasteiger partial charge in [0.05, 0.1) is 11.7 Å². The fraction of sp³-hybridized carbons (Fsp3) is 1.00. The normalized spacial score (nSPS) is 47.4. The highest BCUT2D eigenvalue weighted by Crippen LogP contribution is 2.64. The third-order valence-electron chi connectivity index (χ3n) is 5.30. The third kappa shape index (κ3) is 1.36. The van der Waals surface area contributed by atoms with Crippen molar-refractivity contribution in [2.75, 3.05) is 4.43 Å². The molecule has 3 rings (SSSR count). The summed E-state index contributed by atoms with van der Waals surface area (Å²) in [6.45, 7) is 4.91. The molecule has 0 aromatic rings. The number of ether oxygens (including phenoxy) is 1. The molecule has 0 saturated heterocycles. The third-order valence-corrected chi connectivity index (χ3v) is 6.44.